The SMILES string of the molecule is CSc1cc2cc(C#N)c(C#N)c2c2c(=C(N)N)ccc2c1S. The topological polar surface area (TPSA) is 99.6 Å². The zero-order valence-corrected chi connectivity index (χ0v) is 13.9. The molecule has 0 saturated heterocycles. The highest BCUT2D eigenvalue weighted by Gasteiger charge is 2.17. The van der Waals surface area contributed by atoms with Crippen molar-refractivity contribution in [1.82, 2.24) is 0 Å². The van der Waals surface area contributed by atoms with Crippen LogP contribution in [0.1, 0.15) is 11.1 Å². The Hall–Kier alpha value is -2.54. The van der Waals surface area contributed by atoms with Gasteiger partial charge in [-0.15, -0.1) is 24.4 Å². The third-order valence-electron chi connectivity index (χ3n) is 3.85. The highest BCUT2D eigenvalue weighted by molar-refractivity contribution is 7.99. The van der Waals surface area contributed by atoms with Crippen molar-refractivity contribution >= 4 is 51.8 Å². The van der Waals surface area contributed by atoms with E-state index in [4.69, 9.17) is 11.5 Å². The summed E-state index contributed by atoms with van der Waals surface area (Å²) in [7, 11) is 0. The van der Waals surface area contributed by atoms with E-state index in [0.29, 0.717) is 21.7 Å². The van der Waals surface area contributed by atoms with Crippen LogP contribution in [-0.2, 0) is 0 Å². The molecule has 3 aromatic rings. The Labute approximate surface area is 142 Å². The van der Waals surface area contributed by atoms with Gasteiger partial charge in [0.1, 0.15) is 18.0 Å². The maximum absolute atomic E-state index is 9.55. The summed E-state index contributed by atoms with van der Waals surface area (Å²) in [4.78, 5) is 1.76. The van der Waals surface area contributed by atoms with Crippen LogP contribution in [0.15, 0.2) is 34.1 Å². The van der Waals surface area contributed by atoms with Crippen molar-refractivity contribution in [3.8, 4) is 12.1 Å². The van der Waals surface area contributed by atoms with E-state index in [0.717, 1.165) is 25.9 Å². The Morgan fingerprint density at radius 2 is 1.87 bits per heavy atom. The molecular weight excluding hydrogens is 324 g/mol. The Bertz CT molecular complexity index is 1100. The van der Waals surface area contributed by atoms with Crippen molar-refractivity contribution in [2.45, 2.75) is 9.79 Å². The quantitative estimate of drug-likeness (QED) is 0.468. The first kappa shape index (κ1) is 15.4. The molecule has 0 fully saturated rings. The molecule has 4 N–H and O–H groups in total. The molecular formula is C17H12N4S2. The van der Waals surface area contributed by atoms with Gasteiger partial charge in [0.25, 0.3) is 0 Å². The summed E-state index contributed by atoms with van der Waals surface area (Å²) in [5.41, 5.74) is 12.3. The van der Waals surface area contributed by atoms with E-state index in [9.17, 15) is 10.5 Å². The van der Waals surface area contributed by atoms with Gasteiger partial charge in [0.05, 0.1) is 11.1 Å². The lowest BCUT2D eigenvalue weighted by Crippen LogP contribution is -2.18. The Balaban J connectivity index is 2.81. The molecule has 0 aliphatic carbocycles. The maximum atomic E-state index is 9.55. The summed E-state index contributed by atoms with van der Waals surface area (Å²) in [6, 6.07) is 11.6. The molecule has 4 nitrogen and oxygen atoms in total. The largest absolute Gasteiger partial charge is 0.385 e. The van der Waals surface area contributed by atoms with E-state index < -0.39 is 0 Å². The summed E-state index contributed by atoms with van der Waals surface area (Å²) in [6.07, 6.45) is 1.96. The van der Waals surface area contributed by atoms with Crippen LogP contribution in [0.25, 0.3) is 27.4 Å². The molecule has 0 aliphatic rings. The Kier molecular flexibility index (Phi) is 3.73. The van der Waals surface area contributed by atoms with Gasteiger partial charge in [-0.3, -0.25) is 0 Å². The Morgan fingerprint density at radius 3 is 2.43 bits per heavy atom. The molecule has 3 rings (SSSR count). The summed E-state index contributed by atoms with van der Waals surface area (Å²) in [5.74, 6) is 0.175. The van der Waals surface area contributed by atoms with Crippen LogP contribution < -0.4 is 16.7 Å². The molecule has 0 amide bonds. The average molecular weight is 336 g/mol. The standard InChI is InChI=1S/C17H12N4S2/c1-23-13-5-8-4-9(6-18)12(7-19)14(8)15-10(16(13)22)2-3-11(15)17(20)21/h2-5,22H,20-21H2,1H3. The van der Waals surface area contributed by atoms with Crippen LogP contribution in [0.3, 0.4) is 0 Å². The van der Waals surface area contributed by atoms with E-state index >= 15 is 0 Å². The molecule has 0 aromatic heterocycles. The fraction of sp³-hybridized carbons (Fsp3) is 0.0588. The minimum absolute atomic E-state index is 0.175. The van der Waals surface area contributed by atoms with Crippen molar-refractivity contribution < 1.29 is 0 Å². The third-order valence-corrected chi connectivity index (χ3v) is 5.25. The first-order valence-corrected chi connectivity index (χ1v) is 8.35. The first-order chi connectivity index (χ1) is 11.0. The van der Waals surface area contributed by atoms with Crippen molar-refractivity contribution in [3.63, 3.8) is 0 Å². The van der Waals surface area contributed by atoms with Crippen molar-refractivity contribution in [2.75, 3.05) is 6.26 Å². The summed E-state index contributed by atoms with van der Waals surface area (Å²) in [6.45, 7) is 0. The lowest BCUT2D eigenvalue weighted by atomic mass is 10.1. The predicted octanol–water partition coefficient (Wildman–Crippen LogP) is 2.45. The smallest absolute Gasteiger partial charge is 0.101 e. The molecule has 0 heterocycles. The summed E-state index contributed by atoms with van der Waals surface area (Å²) < 4.78 is 0. The fourth-order valence-corrected chi connectivity index (χ4v) is 3.92. The van der Waals surface area contributed by atoms with Gasteiger partial charge >= 0.3 is 0 Å². The summed E-state index contributed by atoms with van der Waals surface area (Å²) in [5, 5.41) is 22.7. The first-order valence-electron chi connectivity index (χ1n) is 6.68. The number of nitriles is 2. The number of rotatable bonds is 1. The minimum Gasteiger partial charge on any atom is -0.385 e. The monoisotopic (exact) mass is 336 g/mol. The third kappa shape index (κ3) is 2.16. The van der Waals surface area contributed by atoms with Crippen LogP contribution in [0.5, 0.6) is 0 Å². The van der Waals surface area contributed by atoms with Gasteiger partial charge in [-0.2, -0.15) is 10.5 Å². The van der Waals surface area contributed by atoms with Crippen molar-refractivity contribution in [3.05, 3.63) is 40.6 Å². The van der Waals surface area contributed by atoms with E-state index in [-0.39, 0.29) is 5.82 Å². The molecule has 0 atom stereocenters. The van der Waals surface area contributed by atoms with Gasteiger partial charge < -0.3 is 11.5 Å². The molecule has 112 valence electrons. The number of fused-ring (bicyclic) bond motifs is 3. The molecule has 0 saturated carbocycles. The van der Waals surface area contributed by atoms with Crippen molar-refractivity contribution in [2.24, 2.45) is 11.5 Å². The van der Waals surface area contributed by atoms with Gasteiger partial charge in [-0.1, -0.05) is 12.1 Å². The van der Waals surface area contributed by atoms with Gasteiger partial charge in [0.2, 0.25) is 0 Å². The molecule has 3 aromatic carbocycles. The van der Waals surface area contributed by atoms with Gasteiger partial charge in [0, 0.05) is 25.8 Å². The van der Waals surface area contributed by atoms with Crippen molar-refractivity contribution in [1.29, 1.82) is 10.5 Å². The Morgan fingerprint density at radius 1 is 1.13 bits per heavy atom. The molecule has 0 spiro atoms. The number of nitrogens with two attached hydrogens (primary N) is 2. The normalized spacial score (nSPS) is 10.6. The van der Waals surface area contributed by atoms with Gasteiger partial charge in [-0.05, 0) is 29.2 Å². The van der Waals surface area contributed by atoms with Gasteiger partial charge in [-0.25, -0.2) is 0 Å². The zero-order valence-electron chi connectivity index (χ0n) is 12.2. The van der Waals surface area contributed by atoms with E-state index in [1.807, 2.05) is 24.5 Å². The average Bonchev–Trinajstić information content (AvgIpc) is 3.09. The van der Waals surface area contributed by atoms with E-state index in [1.54, 1.807) is 17.8 Å². The second kappa shape index (κ2) is 5.58. The molecule has 6 heteroatoms. The van der Waals surface area contributed by atoms with Crippen LogP contribution in [0, 0.1) is 22.7 Å². The number of thioether (sulfide) groups is 1. The van der Waals surface area contributed by atoms with E-state index in [2.05, 4.69) is 24.8 Å². The minimum atomic E-state index is 0.175. The van der Waals surface area contributed by atoms with Crippen LogP contribution in [0.4, 0.5) is 0 Å². The van der Waals surface area contributed by atoms with E-state index in [1.165, 1.54) is 0 Å². The maximum Gasteiger partial charge on any atom is 0.101 e. The second-order valence-corrected chi connectivity index (χ2v) is 6.33. The number of nitrogens with zero attached hydrogens (tertiary/aromatic N) is 2. The predicted molar refractivity (Wildman–Crippen MR) is 96.9 cm³/mol. The van der Waals surface area contributed by atoms with Crippen LogP contribution in [-0.4, -0.2) is 6.26 Å². The van der Waals surface area contributed by atoms with Crippen LogP contribution in [0.2, 0.25) is 0 Å². The molecule has 0 unspecified atom stereocenters. The lowest BCUT2D eigenvalue weighted by Gasteiger charge is -1.97. The van der Waals surface area contributed by atoms with Crippen LogP contribution >= 0.6 is 24.4 Å². The summed E-state index contributed by atoms with van der Waals surface area (Å²) >= 11 is 6.20. The van der Waals surface area contributed by atoms with Gasteiger partial charge in [0.15, 0.2) is 0 Å². The molecule has 0 bridgehead atoms. The second-order valence-electron chi connectivity index (χ2n) is 5.04. The lowest BCUT2D eigenvalue weighted by molar-refractivity contribution is 1.35. The molecule has 23 heavy (non-hydrogen) atoms. The fourth-order valence-electron chi connectivity index (χ4n) is 2.85. The number of hydrogen-bond donors (Lipinski definition) is 3. The molecule has 0 radical (unpaired) electrons. The number of hydrogen-bond acceptors (Lipinski definition) is 6. The highest BCUT2D eigenvalue weighted by atomic mass is 32.2. The highest BCUT2D eigenvalue weighted by Crippen LogP contribution is 2.37. The number of thiol groups is 1. The molecule has 0 aliphatic heterocycles. The zero-order chi connectivity index (χ0) is 16.7.